The molecule has 2 aromatic rings. The van der Waals surface area contributed by atoms with Crippen molar-refractivity contribution >= 4 is 24.0 Å². The molecule has 0 bridgehead atoms. The number of carbonyl (C=O) groups excluding carboxylic acids is 3. The molecule has 1 aliphatic rings. The molecule has 3 rings (SSSR count). The summed E-state index contributed by atoms with van der Waals surface area (Å²) in [6.07, 6.45) is 9.30. The second-order valence-electron chi connectivity index (χ2n) is 7.92. The first kappa shape index (κ1) is 24.0. The van der Waals surface area contributed by atoms with Gasteiger partial charge < -0.3 is 18.8 Å². The second kappa shape index (κ2) is 11.3. The fourth-order valence-electron chi connectivity index (χ4n) is 3.70. The number of hydrogen-bond acceptors (Lipinski definition) is 7. The standard InChI is InChI=1S/C25H28N2O6/c1-17(28)31-23-10-6-9-22(33-25(30)12-11-21-15-27(3)16-26-21)13-19-7-4-5-8-20(19)14-24(23)32-18(2)29/h4-8,10-12,15-16,22-24H,9,13-14H2,1-3H3. The molecule has 1 aromatic heterocycles. The third-order valence-corrected chi connectivity index (χ3v) is 5.10. The molecule has 1 aliphatic carbocycles. The zero-order valence-electron chi connectivity index (χ0n) is 19.0. The van der Waals surface area contributed by atoms with E-state index in [0.29, 0.717) is 25.0 Å². The molecule has 0 saturated carbocycles. The minimum absolute atomic E-state index is 0.359. The predicted octanol–water partition coefficient (Wildman–Crippen LogP) is 2.95. The fraction of sp³-hybridized carbons (Fsp3) is 0.360. The largest absolute Gasteiger partial charge is 0.459 e. The van der Waals surface area contributed by atoms with Crippen LogP contribution in [0.2, 0.25) is 0 Å². The van der Waals surface area contributed by atoms with Gasteiger partial charge in [0.2, 0.25) is 0 Å². The van der Waals surface area contributed by atoms with Crippen LogP contribution in [0.3, 0.4) is 0 Å². The summed E-state index contributed by atoms with van der Waals surface area (Å²) in [4.78, 5) is 39.9. The van der Waals surface area contributed by atoms with Crippen LogP contribution in [0.25, 0.3) is 6.08 Å². The molecule has 0 saturated heterocycles. The number of rotatable bonds is 5. The van der Waals surface area contributed by atoms with E-state index < -0.39 is 36.2 Å². The molecule has 174 valence electrons. The molecule has 3 unspecified atom stereocenters. The average Bonchev–Trinajstić information content (AvgIpc) is 3.16. The predicted molar refractivity (Wildman–Crippen MR) is 121 cm³/mol. The van der Waals surface area contributed by atoms with Gasteiger partial charge in [-0.2, -0.15) is 0 Å². The molecule has 8 heteroatoms. The molecule has 1 heterocycles. The third kappa shape index (κ3) is 7.45. The SMILES string of the molecule is CC(=O)OC1C=CCC(OC(=O)C=Cc2cn(C)cn2)Cc2ccccc2CC1OC(C)=O. The van der Waals surface area contributed by atoms with Crippen molar-refractivity contribution < 1.29 is 28.6 Å². The van der Waals surface area contributed by atoms with E-state index in [9.17, 15) is 14.4 Å². The van der Waals surface area contributed by atoms with Gasteiger partial charge in [-0.05, 0) is 23.3 Å². The van der Waals surface area contributed by atoms with Crippen molar-refractivity contribution in [2.75, 3.05) is 0 Å². The highest BCUT2D eigenvalue weighted by molar-refractivity contribution is 5.86. The number of ether oxygens (including phenoxy) is 3. The van der Waals surface area contributed by atoms with E-state index >= 15 is 0 Å². The molecular formula is C25H28N2O6. The fourth-order valence-corrected chi connectivity index (χ4v) is 3.70. The highest BCUT2D eigenvalue weighted by Gasteiger charge is 2.28. The van der Waals surface area contributed by atoms with Gasteiger partial charge in [0.15, 0.2) is 6.10 Å². The lowest BCUT2D eigenvalue weighted by Crippen LogP contribution is -2.35. The summed E-state index contributed by atoms with van der Waals surface area (Å²) in [5.74, 6) is -1.40. The van der Waals surface area contributed by atoms with Crippen LogP contribution in [-0.4, -0.2) is 45.8 Å². The van der Waals surface area contributed by atoms with Gasteiger partial charge in [0, 0.05) is 52.4 Å². The van der Waals surface area contributed by atoms with Crippen LogP contribution in [0.1, 0.15) is 37.1 Å². The molecule has 0 radical (unpaired) electrons. The zero-order chi connectivity index (χ0) is 23.8. The first-order valence-corrected chi connectivity index (χ1v) is 10.7. The van der Waals surface area contributed by atoms with Gasteiger partial charge in [-0.25, -0.2) is 9.78 Å². The lowest BCUT2D eigenvalue weighted by molar-refractivity contribution is -0.161. The Morgan fingerprint density at radius 3 is 2.36 bits per heavy atom. The second-order valence-corrected chi connectivity index (χ2v) is 7.92. The van der Waals surface area contributed by atoms with E-state index in [4.69, 9.17) is 14.2 Å². The van der Waals surface area contributed by atoms with Crippen LogP contribution >= 0.6 is 0 Å². The van der Waals surface area contributed by atoms with E-state index in [2.05, 4.69) is 4.98 Å². The third-order valence-electron chi connectivity index (χ3n) is 5.10. The zero-order valence-corrected chi connectivity index (χ0v) is 19.0. The Morgan fingerprint density at radius 1 is 1.03 bits per heavy atom. The van der Waals surface area contributed by atoms with Crippen LogP contribution in [0.4, 0.5) is 0 Å². The van der Waals surface area contributed by atoms with E-state index in [1.807, 2.05) is 31.3 Å². The number of aromatic nitrogens is 2. The lowest BCUT2D eigenvalue weighted by atomic mass is 9.93. The summed E-state index contributed by atoms with van der Waals surface area (Å²) in [7, 11) is 1.85. The molecule has 8 nitrogen and oxygen atoms in total. The van der Waals surface area contributed by atoms with E-state index in [-0.39, 0.29) is 0 Å². The number of esters is 3. The number of fused-ring (bicyclic) bond motifs is 1. The van der Waals surface area contributed by atoms with Gasteiger partial charge in [0.05, 0.1) is 12.0 Å². The van der Waals surface area contributed by atoms with Crippen LogP contribution in [-0.2, 0) is 48.5 Å². The van der Waals surface area contributed by atoms with Gasteiger partial charge in [-0.15, -0.1) is 0 Å². The molecule has 1 aromatic carbocycles. The summed E-state index contributed by atoms with van der Waals surface area (Å²) < 4.78 is 18.4. The molecule has 0 spiro atoms. The number of aryl methyl sites for hydroxylation is 1. The van der Waals surface area contributed by atoms with Crippen LogP contribution in [0.5, 0.6) is 0 Å². The van der Waals surface area contributed by atoms with E-state index in [1.54, 1.807) is 35.3 Å². The maximum absolute atomic E-state index is 12.4. The van der Waals surface area contributed by atoms with Crippen LogP contribution < -0.4 is 0 Å². The van der Waals surface area contributed by atoms with Gasteiger partial charge in [-0.1, -0.05) is 30.3 Å². The maximum atomic E-state index is 12.4. The maximum Gasteiger partial charge on any atom is 0.331 e. The Morgan fingerprint density at radius 2 is 1.73 bits per heavy atom. The van der Waals surface area contributed by atoms with Crippen molar-refractivity contribution in [2.45, 2.75) is 51.4 Å². The summed E-state index contributed by atoms with van der Waals surface area (Å²) in [5.41, 5.74) is 2.56. The molecule has 0 N–H and O–H groups in total. The Balaban J connectivity index is 1.82. The van der Waals surface area contributed by atoms with Gasteiger partial charge in [-0.3, -0.25) is 9.59 Å². The summed E-state index contributed by atoms with van der Waals surface area (Å²) in [6.45, 7) is 2.64. The number of nitrogens with zero attached hydrogens (tertiary/aromatic N) is 2. The average molecular weight is 453 g/mol. The normalized spacial score (nSPS) is 20.6. The van der Waals surface area contributed by atoms with Crippen LogP contribution in [0, 0.1) is 0 Å². The smallest absolute Gasteiger partial charge is 0.331 e. The van der Waals surface area contributed by atoms with Crippen molar-refractivity contribution in [3.8, 4) is 0 Å². The number of carbonyl (C=O) groups is 3. The quantitative estimate of drug-likeness (QED) is 0.298. The van der Waals surface area contributed by atoms with Crippen molar-refractivity contribution in [1.82, 2.24) is 9.55 Å². The first-order chi connectivity index (χ1) is 15.8. The highest BCUT2D eigenvalue weighted by atomic mass is 16.6. The number of benzene rings is 1. The lowest BCUT2D eigenvalue weighted by Gasteiger charge is -2.27. The summed E-state index contributed by atoms with van der Waals surface area (Å²) >= 11 is 0. The van der Waals surface area contributed by atoms with Gasteiger partial charge in [0.25, 0.3) is 0 Å². The van der Waals surface area contributed by atoms with Crippen molar-refractivity contribution in [3.63, 3.8) is 0 Å². The molecule has 0 amide bonds. The van der Waals surface area contributed by atoms with Crippen LogP contribution in [0.15, 0.2) is 55.0 Å². The number of imidazole rings is 1. The summed E-state index contributed by atoms with van der Waals surface area (Å²) in [5, 5.41) is 0. The Kier molecular flexibility index (Phi) is 8.18. The number of hydrogen-bond donors (Lipinski definition) is 0. The summed E-state index contributed by atoms with van der Waals surface area (Å²) in [6, 6.07) is 7.69. The Labute approximate surface area is 192 Å². The molecular weight excluding hydrogens is 424 g/mol. The van der Waals surface area contributed by atoms with Gasteiger partial charge in [0.1, 0.15) is 12.2 Å². The van der Waals surface area contributed by atoms with E-state index in [0.717, 1.165) is 11.1 Å². The molecule has 3 atom stereocenters. The topological polar surface area (TPSA) is 96.7 Å². The minimum atomic E-state index is -0.752. The first-order valence-electron chi connectivity index (χ1n) is 10.7. The van der Waals surface area contributed by atoms with Crippen molar-refractivity contribution in [2.24, 2.45) is 7.05 Å². The molecule has 0 aliphatic heterocycles. The Hall–Kier alpha value is -3.68. The monoisotopic (exact) mass is 452 g/mol. The molecule has 0 fully saturated rings. The van der Waals surface area contributed by atoms with Crippen molar-refractivity contribution in [3.05, 3.63) is 71.8 Å². The van der Waals surface area contributed by atoms with E-state index in [1.165, 1.54) is 19.9 Å². The molecule has 33 heavy (non-hydrogen) atoms. The Bertz CT molecular complexity index is 1050. The minimum Gasteiger partial charge on any atom is -0.459 e. The highest BCUT2D eigenvalue weighted by Crippen LogP contribution is 2.22. The van der Waals surface area contributed by atoms with Crippen molar-refractivity contribution in [1.29, 1.82) is 0 Å². The van der Waals surface area contributed by atoms with Gasteiger partial charge >= 0.3 is 17.9 Å².